The molecule has 1 atom stereocenters. The van der Waals surface area contributed by atoms with Crippen molar-refractivity contribution in [2.75, 3.05) is 14.2 Å². The third kappa shape index (κ3) is 2.31. The Morgan fingerprint density at radius 3 is 2.50 bits per heavy atom. The van der Waals surface area contributed by atoms with Gasteiger partial charge in [0.1, 0.15) is 0 Å². The highest BCUT2D eigenvalue weighted by Gasteiger charge is 2.20. The molecule has 0 saturated carbocycles. The second kappa shape index (κ2) is 4.74. The number of carbonyl (C=O) groups excluding carboxylic acids is 1. The predicted octanol–water partition coefficient (Wildman–Crippen LogP) is 0.740. The molecule has 0 aliphatic carbocycles. The SMILES string of the molecule is CON(C)C(=O)C(O)c1ccccc1. The predicted molar refractivity (Wildman–Crippen MR) is 51.2 cm³/mol. The first-order valence-electron chi connectivity index (χ1n) is 4.21. The van der Waals surface area contributed by atoms with E-state index in [2.05, 4.69) is 4.84 Å². The first-order valence-corrected chi connectivity index (χ1v) is 4.21. The number of nitrogens with zero attached hydrogens (tertiary/aromatic N) is 1. The minimum Gasteiger partial charge on any atom is -0.378 e. The van der Waals surface area contributed by atoms with Crippen LogP contribution in [0.5, 0.6) is 0 Å². The highest BCUT2D eigenvalue weighted by molar-refractivity contribution is 5.80. The second-order valence-corrected chi connectivity index (χ2v) is 2.83. The maximum absolute atomic E-state index is 11.4. The molecule has 76 valence electrons. The van der Waals surface area contributed by atoms with E-state index in [1.807, 2.05) is 6.07 Å². The lowest BCUT2D eigenvalue weighted by Gasteiger charge is -2.17. The van der Waals surface area contributed by atoms with Crippen LogP contribution in [0.15, 0.2) is 30.3 Å². The Kier molecular flexibility index (Phi) is 3.62. The summed E-state index contributed by atoms with van der Waals surface area (Å²) < 4.78 is 0. The number of hydroxylamine groups is 2. The molecule has 0 spiro atoms. The van der Waals surface area contributed by atoms with E-state index in [-0.39, 0.29) is 0 Å². The minimum absolute atomic E-state index is 0.487. The van der Waals surface area contributed by atoms with Crippen LogP contribution in [0.25, 0.3) is 0 Å². The van der Waals surface area contributed by atoms with Crippen LogP contribution in [0.4, 0.5) is 0 Å². The van der Waals surface area contributed by atoms with Crippen molar-refractivity contribution in [3.63, 3.8) is 0 Å². The van der Waals surface area contributed by atoms with E-state index >= 15 is 0 Å². The van der Waals surface area contributed by atoms with Crippen LogP contribution in [0.2, 0.25) is 0 Å². The number of aliphatic hydroxyl groups excluding tert-OH is 1. The molecule has 0 heterocycles. The molecule has 1 aromatic carbocycles. The quantitative estimate of drug-likeness (QED) is 0.724. The molecule has 0 saturated heterocycles. The smallest absolute Gasteiger partial charge is 0.279 e. The Balaban J connectivity index is 2.76. The van der Waals surface area contributed by atoms with Crippen molar-refractivity contribution >= 4 is 5.91 Å². The number of hydrogen-bond donors (Lipinski definition) is 1. The molecular formula is C10H13NO3. The summed E-state index contributed by atoms with van der Waals surface area (Å²) in [4.78, 5) is 16.1. The van der Waals surface area contributed by atoms with Gasteiger partial charge in [-0.2, -0.15) is 0 Å². The summed E-state index contributed by atoms with van der Waals surface area (Å²) in [7, 11) is 2.82. The van der Waals surface area contributed by atoms with Gasteiger partial charge in [0.05, 0.1) is 7.11 Å². The van der Waals surface area contributed by atoms with Crippen molar-refractivity contribution in [1.82, 2.24) is 5.06 Å². The van der Waals surface area contributed by atoms with Crippen LogP contribution in [0.1, 0.15) is 11.7 Å². The Morgan fingerprint density at radius 1 is 1.43 bits per heavy atom. The van der Waals surface area contributed by atoms with Gasteiger partial charge in [0, 0.05) is 7.05 Å². The fraction of sp³-hybridized carbons (Fsp3) is 0.300. The summed E-state index contributed by atoms with van der Waals surface area (Å²) in [5.74, 6) is -0.487. The molecule has 1 N–H and O–H groups in total. The summed E-state index contributed by atoms with van der Waals surface area (Å²) in [6.45, 7) is 0. The van der Waals surface area contributed by atoms with E-state index in [0.717, 1.165) is 5.06 Å². The molecule has 4 nitrogen and oxygen atoms in total. The van der Waals surface area contributed by atoms with E-state index in [9.17, 15) is 9.90 Å². The monoisotopic (exact) mass is 195 g/mol. The third-order valence-corrected chi connectivity index (χ3v) is 1.93. The Bertz CT molecular complexity index is 299. The number of amides is 1. The average Bonchev–Trinajstić information content (AvgIpc) is 2.27. The first-order chi connectivity index (χ1) is 6.66. The van der Waals surface area contributed by atoms with Crippen molar-refractivity contribution < 1.29 is 14.7 Å². The molecule has 0 aliphatic heterocycles. The van der Waals surface area contributed by atoms with E-state index < -0.39 is 12.0 Å². The number of rotatable bonds is 3. The minimum atomic E-state index is -1.17. The number of aliphatic hydroxyl groups is 1. The number of benzene rings is 1. The van der Waals surface area contributed by atoms with Gasteiger partial charge in [-0.1, -0.05) is 30.3 Å². The van der Waals surface area contributed by atoms with Crippen molar-refractivity contribution in [3.8, 4) is 0 Å². The molecule has 1 unspecified atom stereocenters. The van der Waals surface area contributed by atoms with Gasteiger partial charge in [-0.3, -0.25) is 9.63 Å². The van der Waals surface area contributed by atoms with Crippen LogP contribution in [0.3, 0.4) is 0 Å². The molecule has 1 rings (SSSR count). The maximum Gasteiger partial charge on any atom is 0.279 e. The van der Waals surface area contributed by atoms with Gasteiger partial charge in [0.2, 0.25) is 0 Å². The molecule has 0 fully saturated rings. The van der Waals surface area contributed by atoms with E-state index in [1.54, 1.807) is 24.3 Å². The standard InChI is InChI=1S/C10H13NO3/c1-11(14-2)10(13)9(12)8-6-4-3-5-7-8/h3-7,9,12H,1-2H3. The summed E-state index contributed by atoms with van der Waals surface area (Å²) in [6.07, 6.45) is -1.17. The lowest BCUT2D eigenvalue weighted by Crippen LogP contribution is -2.30. The lowest BCUT2D eigenvalue weighted by atomic mass is 10.1. The normalized spacial score (nSPS) is 12.2. The zero-order valence-electron chi connectivity index (χ0n) is 8.18. The largest absolute Gasteiger partial charge is 0.378 e. The molecule has 0 aromatic heterocycles. The Hall–Kier alpha value is -1.39. The van der Waals surface area contributed by atoms with Gasteiger partial charge in [0.25, 0.3) is 5.91 Å². The van der Waals surface area contributed by atoms with Crippen molar-refractivity contribution in [2.45, 2.75) is 6.10 Å². The summed E-state index contributed by atoms with van der Waals surface area (Å²) in [6, 6.07) is 8.72. The molecule has 1 aromatic rings. The number of likely N-dealkylation sites (N-methyl/N-ethyl adjacent to an activating group) is 1. The fourth-order valence-electron chi connectivity index (χ4n) is 1.04. The molecule has 14 heavy (non-hydrogen) atoms. The molecule has 4 heteroatoms. The average molecular weight is 195 g/mol. The van der Waals surface area contributed by atoms with Gasteiger partial charge in [0.15, 0.2) is 6.10 Å². The lowest BCUT2D eigenvalue weighted by molar-refractivity contribution is -0.178. The molecule has 0 bridgehead atoms. The number of hydrogen-bond acceptors (Lipinski definition) is 3. The molecular weight excluding hydrogens is 182 g/mol. The highest BCUT2D eigenvalue weighted by Crippen LogP contribution is 2.14. The van der Waals surface area contributed by atoms with Crippen LogP contribution in [-0.4, -0.2) is 30.2 Å². The van der Waals surface area contributed by atoms with Crippen molar-refractivity contribution in [3.05, 3.63) is 35.9 Å². The zero-order valence-corrected chi connectivity index (χ0v) is 8.18. The summed E-state index contributed by atoms with van der Waals surface area (Å²) in [5, 5.41) is 10.6. The van der Waals surface area contributed by atoms with Crippen LogP contribution < -0.4 is 0 Å². The maximum atomic E-state index is 11.4. The first kappa shape index (κ1) is 10.7. The van der Waals surface area contributed by atoms with E-state index in [0.29, 0.717) is 5.56 Å². The van der Waals surface area contributed by atoms with Crippen molar-refractivity contribution in [2.24, 2.45) is 0 Å². The van der Waals surface area contributed by atoms with Gasteiger partial charge >= 0.3 is 0 Å². The molecule has 1 amide bonds. The Labute approximate surface area is 82.7 Å². The van der Waals surface area contributed by atoms with Crippen LogP contribution in [-0.2, 0) is 9.63 Å². The Morgan fingerprint density at radius 2 is 2.00 bits per heavy atom. The molecule has 0 aliphatic rings. The van der Waals surface area contributed by atoms with E-state index in [4.69, 9.17) is 0 Å². The van der Waals surface area contributed by atoms with Gasteiger partial charge in [-0.15, -0.1) is 0 Å². The summed E-state index contributed by atoms with van der Waals surface area (Å²) in [5.41, 5.74) is 0.557. The molecule has 0 radical (unpaired) electrons. The number of carbonyl (C=O) groups is 1. The topological polar surface area (TPSA) is 49.8 Å². The van der Waals surface area contributed by atoms with Crippen LogP contribution in [0, 0.1) is 0 Å². The van der Waals surface area contributed by atoms with Gasteiger partial charge < -0.3 is 5.11 Å². The van der Waals surface area contributed by atoms with Gasteiger partial charge in [-0.25, -0.2) is 5.06 Å². The van der Waals surface area contributed by atoms with E-state index in [1.165, 1.54) is 14.2 Å². The highest BCUT2D eigenvalue weighted by atomic mass is 16.7. The summed E-state index contributed by atoms with van der Waals surface area (Å²) >= 11 is 0. The van der Waals surface area contributed by atoms with Gasteiger partial charge in [-0.05, 0) is 5.56 Å². The fourth-order valence-corrected chi connectivity index (χ4v) is 1.04. The third-order valence-electron chi connectivity index (χ3n) is 1.93. The zero-order chi connectivity index (χ0) is 10.6. The second-order valence-electron chi connectivity index (χ2n) is 2.83. The van der Waals surface area contributed by atoms with Crippen LogP contribution >= 0.6 is 0 Å². The van der Waals surface area contributed by atoms with Crippen molar-refractivity contribution in [1.29, 1.82) is 0 Å².